The summed E-state index contributed by atoms with van der Waals surface area (Å²) in [6.07, 6.45) is 3.66. The number of nitrogens with zero attached hydrogens (tertiary/aromatic N) is 3. The van der Waals surface area contributed by atoms with Gasteiger partial charge in [0.1, 0.15) is 6.33 Å². The minimum Gasteiger partial charge on any atom is -0.378 e. The third-order valence-electron chi connectivity index (χ3n) is 3.60. The lowest BCUT2D eigenvalue weighted by atomic mass is 10.2. The third kappa shape index (κ3) is 2.81. The van der Waals surface area contributed by atoms with Crippen molar-refractivity contribution < 1.29 is 0 Å². The molecule has 0 spiro atoms. The van der Waals surface area contributed by atoms with Crippen LogP contribution in [0.3, 0.4) is 0 Å². The maximum absolute atomic E-state index is 5.89. The van der Waals surface area contributed by atoms with E-state index in [0.717, 1.165) is 27.3 Å². The Morgan fingerprint density at radius 2 is 1.87 bits per heavy atom. The molecule has 1 N–H and O–H groups in total. The van der Waals surface area contributed by atoms with Crippen LogP contribution in [-0.2, 0) is 6.54 Å². The van der Waals surface area contributed by atoms with E-state index in [1.54, 1.807) is 6.20 Å². The van der Waals surface area contributed by atoms with E-state index in [9.17, 15) is 0 Å². The van der Waals surface area contributed by atoms with Gasteiger partial charge in [0.05, 0.1) is 29.0 Å². The highest BCUT2D eigenvalue weighted by molar-refractivity contribution is 7.15. The summed E-state index contributed by atoms with van der Waals surface area (Å²) in [5, 5.41) is 3.46. The largest absolute Gasteiger partial charge is 0.378 e. The van der Waals surface area contributed by atoms with Crippen LogP contribution in [0.15, 0.2) is 61.1 Å². The number of nitrogens with one attached hydrogen (secondary N) is 1. The van der Waals surface area contributed by atoms with Crippen LogP contribution in [0.1, 0.15) is 4.88 Å². The quantitative estimate of drug-likeness (QED) is 0.583. The number of hydrogen-bond acceptors (Lipinski definition) is 4. The van der Waals surface area contributed by atoms with Crippen LogP contribution >= 0.6 is 22.9 Å². The second-order valence-corrected chi connectivity index (χ2v) is 6.75. The SMILES string of the molecule is Clc1ncc(CNc2ccccc2-n2cnc3ccccc32)s1. The maximum atomic E-state index is 5.89. The average Bonchev–Trinajstić information content (AvgIpc) is 3.19. The van der Waals surface area contributed by atoms with Gasteiger partial charge in [-0.25, -0.2) is 9.97 Å². The molecule has 0 atom stereocenters. The minimum absolute atomic E-state index is 0.565. The molecule has 2 aromatic heterocycles. The molecule has 4 aromatic rings. The predicted octanol–water partition coefficient (Wildman–Crippen LogP) is 4.75. The van der Waals surface area contributed by atoms with Gasteiger partial charge >= 0.3 is 0 Å². The molecule has 0 aliphatic carbocycles. The number of rotatable bonds is 4. The summed E-state index contributed by atoms with van der Waals surface area (Å²) in [7, 11) is 0. The highest BCUT2D eigenvalue weighted by Crippen LogP contribution is 2.26. The van der Waals surface area contributed by atoms with Crippen LogP contribution in [-0.4, -0.2) is 14.5 Å². The normalized spacial score (nSPS) is 11.0. The van der Waals surface area contributed by atoms with Crippen molar-refractivity contribution in [2.45, 2.75) is 6.54 Å². The number of para-hydroxylation sites is 4. The maximum Gasteiger partial charge on any atom is 0.183 e. The molecule has 0 aliphatic heterocycles. The highest BCUT2D eigenvalue weighted by atomic mass is 35.5. The Morgan fingerprint density at radius 3 is 2.74 bits per heavy atom. The molecule has 0 bridgehead atoms. The number of imidazole rings is 1. The van der Waals surface area contributed by atoms with E-state index in [0.29, 0.717) is 11.0 Å². The average molecular weight is 341 g/mol. The lowest BCUT2D eigenvalue weighted by molar-refractivity contribution is 1.07. The molecule has 0 saturated heterocycles. The zero-order chi connectivity index (χ0) is 15.6. The lowest BCUT2D eigenvalue weighted by Crippen LogP contribution is -2.03. The van der Waals surface area contributed by atoms with E-state index in [-0.39, 0.29) is 0 Å². The molecular weight excluding hydrogens is 328 g/mol. The van der Waals surface area contributed by atoms with E-state index in [2.05, 4.69) is 38.1 Å². The fourth-order valence-electron chi connectivity index (χ4n) is 2.53. The molecular formula is C17H13ClN4S. The summed E-state index contributed by atoms with van der Waals surface area (Å²) < 4.78 is 2.66. The number of hydrogen-bond donors (Lipinski definition) is 1. The van der Waals surface area contributed by atoms with Gasteiger partial charge in [0, 0.05) is 11.1 Å². The van der Waals surface area contributed by atoms with Crippen LogP contribution in [0.25, 0.3) is 16.7 Å². The Hall–Kier alpha value is -2.37. The van der Waals surface area contributed by atoms with Gasteiger partial charge in [-0.3, -0.25) is 4.57 Å². The van der Waals surface area contributed by atoms with Crippen molar-refractivity contribution in [3.63, 3.8) is 0 Å². The first-order chi connectivity index (χ1) is 11.3. The summed E-state index contributed by atoms with van der Waals surface area (Å²) >= 11 is 7.37. The summed E-state index contributed by atoms with van der Waals surface area (Å²) in [4.78, 5) is 9.64. The van der Waals surface area contributed by atoms with Crippen molar-refractivity contribution in [3.8, 4) is 5.69 Å². The fraction of sp³-hybridized carbons (Fsp3) is 0.0588. The molecule has 2 aromatic carbocycles. The number of thiazole rings is 1. The van der Waals surface area contributed by atoms with Gasteiger partial charge in [-0.05, 0) is 24.3 Å². The topological polar surface area (TPSA) is 42.7 Å². The number of benzene rings is 2. The summed E-state index contributed by atoms with van der Waals surface area (Å²) in [6, 6.07) is 16.3. The molecule has 0 fully saturated rings. The zero-order valence-electron chi connectivity index (χ0n) is 12.1. The third-order valence-corrected chi connectivity index (χ3v) is 4.71. The molecule has 0 unspecified atom stereocenters. The van der Waals surface area contributed by atoms with Crippen LogP contribution < -0.4 is 5.32 Å². The summed E-state index contributed by atoms with van der Waals surface area (Å²) in [6.45, 7) is 0.689. The number of anilines is 1. The van der Waals surface area contributed by atoms with Crippen molar-refractivity contribution in [2.75, 3.05) is 5.32 Å². The van der Waals surface area contributed by atoms with Gasteiger partial charge in [0.2, 0.25) is 0 Å². The first-order valence-electron chi connectivity index (χ1n) is 7.17. The van der Waals surface area contributed by atoms with Gasteiger partial charge in [-0.1, -0.05) is 35.9 Å². The lowest BCUT2D eigenvalue weighted by Gasteiger charge is -2.12. The first-order valence-corrected chi connectivity index (χ1v) is 8.36. The van der Waals surface area contributed by atoms with Crippen LogP contribution in [0, 0.1) is 0 Å². The van der Waals surface area contributed by atoms with Gasteiger partial charge in [0.15, 0.2) is 4.47 Å². The molecule has 0 radical (unpaired) electrons. The van der Waals surface area contributed by atoms with Gasteiger partial charge in [-0.15, -0.1) is 11.3 Å². The Morgan fingerprint density at radius 1 is 1.04 bits per heavy atom. The van der Waals surface area contributed by atoms with Crippen LogP contribution in [0.2, 0.25) is 4.47 Å². The van der Waals surface area contributed by atoms with E-state index in [1.165, 1.54) is 11.3 Å². The molecule has 4 rings (SSSR count). The molecule has 4 nitrogen and oxygen atoms in total. The van der Waals surface area contributed by atoms with Gasteiger partial charge < -0.3 is 5.32 Å². The van der Waals surface area contributed by atoms with E-state index in [4.69, 9.17) is 11.6 Å². The molecule has 23 heavy (non-hydrogen) atoms. The van der Waals surface area contributed by atoms with Crippen molar-refractivity contribution in [1.82, 2.24) is 14.5 Å². The summed E-state index contributed by atoms with van der Waals surface area (Å²) in [5.41, 5.74) is 4.18. The van der Waals surface area contributed by atoms with Crippen LogP contribution in [0.4, 0.5) is 5.69 Å². The van der Waals surface area contributed by atoms with Gasteiger partial charge in [0.25, 0.3) is 0 Å². The van der Waals surface area contributed by atoms with Crippen molar-refractivity contribution in [2.24, 2.45) is 0 Å². The van der Waals surface area contributed by atoms with E-state index in [1.807, 2.05) is 36.7 Å². The molecule has 0 amide bonds. The van der Waals surface area contributed by atoms with E-state index < -0.39 is 0 Å². The highest BCUT2D eigenvalue weighted by Gasteiger charge is 2.08. The molecule has 2 heterocycles. The Balaban J connectivity index is 1.69. The number of fused-ring (bicyclic) bond motifs is 1. The molecule has 114 valence electrons. The van der Waals surface area contributed by atoms with E-state index >= 15 is 0 Å². The Labute approximate surface area is 142 Å². The molecule has 0 aliphatic rings. The fourth-order valence-corrected chi connectivity index (χ4v) is 3.45. The Bertz CT molecular complexity index is 960. The number of aromatic nitrogens is 3. The second kappa shape index (κ2) is 6.02. The number of halogens is 1. The Kier molecular flexibility index (Phi) is 3.73. The summed E-state index contributed by atoms with van der Waals surface area (Å²) in [5.74, 6) is 0. The second-order valence-electron chi connectivity index (χ2n) is 5.05. The molecule has 0 saturated carbocycles. The van der Waals surface area contributed by atoms with Crippen molar-refractivity contribution in [1.29, 1.82) is 0 Å². The predicted molar refractivity (Wildman–Crippen MR) is 95.5 cm³/mol. The van der Waals surface area contributed by atoms with Crippen molar-refractivity contribution >= 4 is 39.7 Å². The minimum atomic E-state index is 0.565. The monoisotopic (exact) mass is 340 g/mol. The first kappa shape index (κ1) is 14.2. The smallest absolute Gasteiger partial charge is 0.183 e. The van der Waals surface area contributed by atoms with Crippen LogP contribution in [0.5, 0.6) is 0 Å². The van der Waals surface area contributed by atoms with Crippen molar-refractivity contribution in [3.05, 3.63) is 70.4 Å². The molecule has 6 heteroatoms. The zero-order valence-corrected chi connectivity index (χ0v) is 13.7. The van der Waals surface area contributed by atoms with Gasteiger partial charge in [-0.2, -0.15) is 0 Å². The standard InChI is InChI=1S/C17H13ClN4S/c18-17-20-10-12(23-17)9-19-13-5-1-3-7-15(13)22-11-21-14-6-2-4-8-16(14)22/h1-8,10-11,19H,9H2.